The van der Waals surface area contributed by atoms with Crippen LogP contribution in [0.4, 0.5) is 0 Å². The molecule has 0 unspecified atom stereocenters. The highest BCUT2D eigenvalue weighted by Crippen LogP contribution is 2.19. The Balaban J connectivity index is 2.34. The highest BCUT2D eigenvalue weighted by Gasteiger charge is 2.07. The van der Waals surface area contributed by atoms with E-state index in [9.17, 15) is 4.79 Å². The Morgan fingerprint density at radius 1 is 1.17 bits per heavy atom. The first kappa shape index (κ1) is 10.8. The van der Waals surface area contributed by atoms with Gasteiger partial charge in [0.15, 0.2) is 0 Å². The van der Waals surface area contributed by atoms with Crippen LogP contribution in [0, 0.1) is 13.8 Å². The van der Waals surface area contributed by atoms with Crippen LogP contribution in [0.25, 0.3) is 16.9 Å². The Morgan fingerprint density at radius 3 is 2.83 bits per heavy atom. The first-order valence-electron chi connectivity index (χ1n) is 5.79. The quantitative estimate of drug-likeness (QED) is 0.708. The third kappa shape index (κ3) is 1.62. The highest BCUT2D eigenvalue weighted by molar-refractivity contribution is 5.73. The van der Waals surface area contributed by atoms with Gasteiger partial charge in [-0.05, 0) is 37.1 Å². The molecular weight excluding hydrogens is 226 g/mol. The minimum atomic E-state index is -0.116. The molecule has 0 aliphatic heterocycles. The standard InChI is InChI=1S/C14H13N3O/c1-9-3-4-10(2)12(7-9)17-8-15-11-5-6-13(18)16-14(11)17/h3-8H,1-2H3,(H,16,18). The maximum Gasteiger partial charge on any atom is 0.249 e. The summed E-state index contributed by atoms with van der Waals surface area (Å²) in [5.74, 6) is 0. The van der Waals surface area contributed by atoms with Crippen molar-refractivity contribution in [3.63, 3.8) is 0 Å². The van der Waals surface area contributed by atoms with Crippen LogP contribution in [0.2, 0.25) is 0 Å². The predicted molar refractivity (Wildman–Crippen MR) is 71.2 cm³/mol. The van der Waals surface area contributed by atoms with Crippen LogP contribution >= 0.6 is 0 Å². The van der Waals surface area contributed by atoms with Gasteiger partial charge in [-0.15, -0.1) is 0 Å². The number of aromatic nitrogens is 3. The summed E-state index contributed by atoms with van der Waals surface area (Å²) in [6, 6.07) is 9.44. The minimum Gasteiger partial charge on any atom is -0.306 e. The summed E-state index contributed by atoms with van der Waals surface area (Å²) in [5.41, 5.74) is 4.76. The largest absolute Gasteiger partial charge is 0.306 e. The summed E-state index contributed by atoms with van der Waals surface area (Å²) in [6.45, 7) is 4.09. The highest BCUT2D eigenvalue weighted by atomic mass is 16.1. The molecule has 2 aromatic heterocycles. The smallest absolute Gasteiger partial charge is 0.249 e. The molecule has 90 valence electrons. The zero-order valence-electron chi connectivity index (χ0n) is 10.3. The van der Waals surface area contributed by atoms with Crippen LogP contribution < -0.4 is 5.56 Å². The number of hydrogen-bond donors (Lipinski definition) is 1. The lowest BCUT2D eigenvalue weighted by atomic mass is 10.1. The van der Waals surface area contributed by atoms with E-state index in [2.05, 4.69) is 28.2 Å². The van der Waals surface area contributed by atoms with Gasteiger partial charge in [0.05, 0.1) is 5.69 Å². The van der Waals surface area contributed by atoms with Crippen LogP contribution in [-0.4, -0.2) is 14.5 Å². The Morgan fingerprint density at radius 2 is 2.00 bits per heavy atom. The maximum atomic E-state index is 11.4. The molecule has 3 rings (SSSR count). The molecule has 0 amide bonds. The van der Waals surface area contributed by atoms with Crippen molar-refractivity contribution in [3.05, 3.63) is 58.1 Å². The molecule has 3 aromatic rings. The number of aryl methyl sites for hydroxylation is 2. The van der Waals surface area contributed by atoms with Crippen molar-refractivity contribution in [3.8, 4) is 5.69 Å². The number of nitrogens with zero attached hydrogens (tertiary/aromatic N) is 2. The van der Waals surface area contributed by atoms with E-state index in [1.807, 2.05) is 18.4 Å². The molecule has 0 spiro atoms. The van der Waals surface area contributed by atoms with Gasteiger partial charge < -0.3 is 4.98 Å². The summed E-state index contributed by atoms with van der Waals surface area (Å²) in [6.07, 6.45) is 1.74. The summed E-state index contributed by atoms with van der Waals surface area (Å²) in [4.78, 5) is 18.5. The lowest BCUT2D eigenvalue weighted by molar-refractivity contribution is 1.04. The lowest BCUT2D eigenvalue weighted by Crippen LogP contribution is -2.05. The number of hydrogen-bond acceptors (Lipinski definition) is 2. The second-order valence-corrected chi connectivity index (χ2v) is 4.46. The van der Waals surface area contributed by atoms with Crippen molar-refractivity contribution < 1.29 is 0 Å². The molecule has 1 N–H and O–H groups in total. The van der Waals surface area contributed by atoms with Crippen molar-refractivity contribution >= 4 is 11.2 Å². The van der Waals surface area contributed by atoms with Crippen LogP contribution in [0.1, 0.15) is 11.1 Å². The summed E-state index contributed by atoms with van der Waals surface area (Å²) in [7, 11) is 0. The van der Waals surface area contributed by atoms with Crippen LogP contribution in [0.3, 0.4) is 0 Å². The normalized spacial score (nSPS) is 11.0. The molecule has 2 heterocycles. The number of pyridine rings is 1. The van der Waals surface area contributed by atoms with Gasteiger partial charge in [0.1, 0.15) is 17.5 Å². The Bertz CT molecular complexity index is 783. The maximum absolute atomic E-state index is 11.4. The zero-order valence-corrected chi connectivity index (χ0v) is 10.3. The Labute approximate surface area is 104 Å². The van der Waals surface area contributed by atoms with Crippen molar-refractivity contribution in [2.75, 3.05) is 0 Å². The number of imidazole rings is 1. The van der Waals surface area contributed by atoms with Gasteiger partial charge in [-0.25, -0.2) is 4.98 Å². The summed E-state index contributed by atoms with van der Waals surface area (Å²) in [5, 5.41) is 0. The molecule has 0 atom stereocenters. The van der Waals surface area contributed by atoms with E-state index in [1.54, 1.807) is 12.4 Å². The number of benzene rings is 1. The van der Waals surface area contributed by atoms with E-state index in [0.29, 0.717) is 0 Å². The fourth-order valence-electron chi connectivity index (χ4n) is 2.08. The Hall–Kier alpha value is -2.36. The fraction of sp³-hybridized carbons (Fsp3) is 0.143. The minimum absolute atomic E-state index is 0.116. The average molecular weight is 239 g/mol. The van der Waals surface area contributed by atoms with Crippen molar-refractivity contribution in [2.24, 2.45) is 0 Å². The van der Waals surface area contributed by atoms with Gasteiger partial charge in [0, 0.05) is 6.07 Å². The molecule has 0 saturated carbocycles. The van der Waals surface area contributed by atoms with Gasteiger partial charge in [-0.2, -0.15) is 0 Å². The van der Waals surface area contributed by atoms with Crippen LogP contribution in [0.15, 0.2) is 41.5 Å². The van der Waals surface area contributed by atoms with E-state index in [-0.39, 0.29) is 5.56 Å². The summed E-state index contributed by atoms with van der Waals surface area (Å²) < 4.78 is 1.92. The van der Waals surface area contributed by atoms with E-state index >= 15 is 0 Å². The molecule has 0 aliphatic rings. The van der Waals surface area contributed by atoms with E-state index < -0.39 is 0 Å². The first-order chi connectivity index (χ1) is 8.65. The van der Waals surface area contributed by atoms with Crippen LogP contribution in [-0.2, 0) is 0 Å². The molecule has 0 saturated heterocycles. The molecule has 0 aliphatic carbocycles. The summed E-state index contributed by atoms with van der Waals surface area (Å²) >= 11 is 0. The Kier molecular flexibility index (Phi) is 2.30. The zero-order chi connectivity index (χ0) is 12.7. The number of fused-ring (bicyclic) bond motifs is 1. The topological polar surface area (TPSA) is 50.7 Å². The monoisotopic (exact) mass is 239 g/mol. The third-order valence-corrected chi connectivity index (χ3v) is 3.05. The van der Waals surface area contributed by atoms with Gasteiger partial charge in [0.25, 0.3) is 0 Å². The second-order valence-electron chi connectivity index (χ2n) is 4.46. The number of H-pyrrole nitrogens is 1. The molecule has 0 radical (unpaired) electrons. The molecule has 1 aromatic carbocycles. The van der Waals surface area contributed by atoms with Crippen LogP contribution in [0.5, 0.6) is 0 Å². The molecule has 0 bridgehead atoms. The lowest BCUT2D eigenvalue weighted by Gasteiger charge is -2.08. The molecular formula is C14H13N3O. The number of aromatic amines is 1. The average Bonchev–Trinajstić information content (AvgIpc) is 2.75. The van der Waals surface area contributed by atoms with Crippen molar-refractivity contribution in [1.29, 1.82) is 0 Å². The molecule has 18 heavy (non-hydrogen) atoms. The SMILES string of the molecule is Cc1ccc(C)c(-n2cnc3ccc(=O)[nH]c32)c1. The van der Waals surface area contributed by atoms with Gasteiger partial charge in [0.2, 0.25) is 5.56 Å². The van der Waals surface area contributed by atoms with E-state index in [1.165, 1.54) is 11.6 Å². The van der Waals surface area contributed by atoms with E-state index in [0.717, 1.165) is 22.4 Å². The van der Waals surface area contributed by atoms with Crippen molar-refractivity contribution in [2.45, 2.75) is 13.8 Å². The number of rotatable bonds is 1. The van der Waals surface area contributed by atoms with E-state index in [4.69, 9.17) is 0 Å². The molecule has 0 fully saturated rings. The second kappa shape index (κ2) is 3.84. The third-order valence-electron chi connectivity index (χ3n) is 3.05. The van der Waals surface area contributed by atoms with Gasteiger partial charge >= 0.3 is 0 Å². The first-order valence-corrected chi connectivity index (χ1v) is 5.79. The fourth-order valence-corrected chi connectivity index (χ4v) is 2.08. The molecule has 4 heteroatoms. The van der Waals surface area contributed by atoms with Crippen molar-refractivity contribution in [1.82, 2.24) is 14.5 Å². The predicted octanol–water partition coefficient (Wildman–Crippen LogP) is 2.33. The molecule has 4 nitrogen and oxygen atoms in total. The van der Waals surface area contributed by atoms with Gasteiger partial charge in [-0.3, -0.25) is 9.36 Å². The number of nitrogens with one attached hydrogen (secondary N) is 1. The van der Waals surface area contributed by atoms with Gasteiger partial charge in [-0.1, -0.05) is 12.1 Å².